The first-order valence-corrected chi connectivity index (χ1v) is 10.4. The number of carboxylic acids is 2. The van der Waals surface area contributed by atoms with Gasteiger partial charge in [0.2, 0.25) is 0 Å². The summed E-state index contributed by atoms with van der Waals surface area (Å²) in [5.41, 5.74) is -0.00648. The summed E-state index contributed by atoms with van der Waals surface area (Å²) in [5, 5.41) is 17.5. The number of carbonyl (C=O) groups is 2. The monoisotopic (exact) mass is 366 g/mol. The number of hydrogen-bond donors (Lipinski definition) is 2. The van der Waals surface area contributed by atoms with Crippen molar-refractivity contribution in [2.75, 3.05) is 0 Å². The molecule has 0 spiro atoms. The Morgan fingerprint density at radius 2 is 1.15 bits per heavy atom. The molecule has 0 radical (unpaired) electrons. The number of aliphatic carboxylic acids is 2. The van der Waals surface area contributed by atoms with E-state index in [1.807, 2.05) is 0 Å². The molecule has 0 fully saturated rings. The number of allylic oxidation sites excluding steroid dienone is 2. The maximum Gasteiger partial charge on any atom is 0.331 e. The Labute approximate surface area is 159 Å². The van der Waals surface area contributed by atoms with E-state index in [0.717, 1.165) is 38.2 Å². The molecule has 0 atom stereocenters. The summed E-state index contributed by atoms with van der Waals surface area (Å²) < 4.78 is 0. The van der Waals surface area contributed by atoms with Gasteiger partial charge in [-0.25, -0.2) is 9.59 Å². The van der Waals surface area contributed by atoms with Gasteiger partial charge in [-0.3, -0.25) is 0 Å². The van der Waals surface area contributed by atoms with Crippen molar-refractivity contribution in [3.05, 3.63) is 23.8 Å². The smallest absolute Gasteiger partial charge is 0.331 e. The van der Waals surface area contributed by atoms with Crippen molar-refractivity contribution in [3.63, 3.8) is 0 Å². The Kier molecular flexibility index (Phi) is 17.1. The minimum absolute atomic E-state index is 0.00648. The second kappa shape index (κ2) is 18.2. The molecule has 0 aromatic carbocycles. The zero-order valence-electron chi connectivity index (χ0n) is 16.5. The Balaban J connectivity index is 3.42. The lowest BCUT2D eigenvalue weighted by Gasteiger charge is -2.02. The third-order valence-electron chi connectivity index (χ3n) is 4.53. The molecule has 0 unspecified atom stereocenters. The molecule has 150 valence electrons. The highest BCUT2D eigenvalue weighted by Gasteiger charge is 2.08. The third-order valence-corrected chi connectivity index (χ3v) is 4.53. The predicted molar refractivity (Wildman–Crippen MR) is 107 cm³/mol. The fraction of sp³-hybridized carbons (Fsp3) is 0.727. The average molecular weight is 367 g/mol. The molecule has 0 saturated heterocycles. The van der Waals surface area contributed by atoms with Gasteiger partial charge in [0.15, 0.2) is 0 Å². The Morgan fingerprint density at radius 3 is 1.62 bits per heavy atom. The van der Waals surface area contributed by atoms with Crippen LogP contribution in [0.2, 0.25) is 0 Å². The molecule has 0 aliphatic carbocycles. The largest absolute Gasteiger partial charge is 0.478 e. The Hall–Kier alpha value is -1.58. The quantitative estimate of drug-likeness (QED) is 0.165. The van der Waals surface area contributed by atoms with Crippen LogP contribution in [-0.4, -0.2) is 22.2 Å². The molecule has 0 bridgehead atoms. The molecule has 0 aliphatic rings. The fourth-order valence-corrected chi connectivity index (χ4v) is 2.95. The summed E-state index contributed by atoms with van der Waals surface area (Å²) in [6, 6.07) is 0. The van der Waals surface area contributed by atoms with E-state index in [-0.39, 0.29) is 5.57 Å². The molecule has 4 nitrogen and oxygen atoms in total. The number of unbranched alkanes of at least 4 members (excludes halogenated alkanes) is 12. The zero-order valence-corrected chi connectivity index (χ0v) is 16.5. The molecule has 0 heterocycles. The van der Waals surface area contributed by atoms with Gasteiger partial charge in [0.25, 0.3) is 0 Å². The van der Waals surface area contributed by atoms with Crippen LogP contribution < -0.4 is 0 Å². The lowest BCUT2D eigenvalue weighted by molar-refractivity contribution is -0.135. The molecule has 2 N–H and O–H groups in total. The van der Waals surface area contributed by atoms with Gasteiger partial charge in [0.05, 0.1) is 0 Å². The molecule has 0 aliphatic heterocycles. The standard InChI is InChI=1S/C22H38O4/c1-2-3-4-5-6-7-8-9-10-11-12-13-14-15-16-17-18-20(22(25)26)19-21(23)24/h9-10,19H,2-8,11-18H2,1H3,(H,23,24)(H,25,26)/b10-9-,20-19-. The van der Waals surface area contributed by atoms with E-state index in [4.69, 9.17) is 10.2 Å². The third kappa shape index (κ3) is 17.2. The average Bonchev–Trinajstić information content (AvgIpc) is 2.59. The molecule has 26 heavy (non-hydrogen) atoms. The SMILES string of the molecule is CCCCCCCC/C=C\CCCCCCCC/C(=C/C(=O)O)C(=O)O. The summed E-state index contributed by atoms with van der Waals surface area (Å²) in [7, 11) is 0. The lowest BCUT2D eigenvalue weighted by atomic mass is 10.0. The van der Waals surface area contributed by atoms with Gasteiger partial charge in [-0.15, -0.1) is 0 Å². The van der Waals surface area contributed by atoms with E-state index in [0.29, 0.717) is 6.42 Å². The predicted octanol–water partition coefficient (Wildman–Crippen LogP) is 6.51. The molecule has 0 rings (SSSR count). The molecule has 0 aromatic rings. The van der Waals surface area contributed by atoms with Gasteiger partial charge in [0.1, 0.15) is 0 Å². The number of rotatable bonds is 18. The highest BCUT2D eigenvalue weighted by molar-refractivity contribution is 5.94. The summed E-state index contributed by atoms with van der Waals surface area (Å²) in [5.74, 6) is -2.31. The Bertz CT molecular complexity index is 424. The van der Waals surface area contributed by atoms with Crippen LogP contribution in [0.4, 0.5) is 0 Å². The first-order valence-electron chi connectivity index (χ1n) is 10.4. The highest BCUT2D eigenvalue weighted by Crippen LogP contribution is 2.13. The van der Waals surface area contributed by atoms with Gasteiger partial charge in [-0.2, -0.15) is 0 Å². The van der Waals surface area contributed by atoms with Crippen LogP contribution in [0.3, 0.4) is 0 Å². The van der Waals surface area contributed by atoms with Crippen molar-refractivity contribution in [1.29, 1.82) is 0 Å². The van der Waals surface area contributed by atoms with Crippen LogP contribution in [0.1, 0.15) is 103 Å². The van der Waals surface area contributed by atoms with E-state index in [1.54, 1.807) is 0 Å². The first kappa shape index (κ1) is 24.4. The van der Waals surface area contributed by atoms with Gasteiger partial charge in [-0.1, -0.05) is 76.9 Å². The first-order chi connectivity index (χ1) is 12.6. The van der Waals surface area contributed by atoms with E-state index < -0.39 is 11.9 Å². The van der Waals surface area contributed by atoms with Crippen molar-refractivity contribution < 1.29 is 19.8 Å². The molecule has 0 saturated carbocycles. The number of hydrogen-bond acceptors (Lipinski definition) is 2. The fourth-order valence-electron chi connectivity index (χ4n) is 2.95. The second-order valence-corrected chi connectivity index (χ2v) is 7.00. The summed E-state index contributed by atoms with van der Waals surface area (Å²) >= 11 is 0. The Morgan fingerprint density at radius 1 is 0.692 bits per heavy atom. The van der Waals surface area contributed by atoms with Gasteiger partial charge >= 0.3 is 11.9 Å². The normalized spacial score (nSPS) is 12.0. The molecular formula is C22H38O4. The van der Waals surface area contributed by atoms with Crippen molar-refractivity contribution in [1.82, 2.24) is 0 Å². The van der Waals surface area contributed by atoms with Crippen LogP contribution in [0.15, 0.2) is 23.8 Å². The zero-order chi connectivity index (χ0) is 19.5. The maximum atomic E-state index is 10.9. The van der Waals surface area contributed by atoms with Crippen LogP contribution in [0.25, 0.3) is 0 Å². The van der Waals surface area contributed by atoms with Gasteiger partial charge < -0.3 is 10.2 Å². The van der Waals surface area contributed by atoms with Crippen LogP contribution in [0.5, 0.6) is 0 Å². The van der Waals surface area contributed by atoms with Crippen LogP contribution in [0, 0.1) is 0 Å². The second-order valence-electron chi connectivity index (χ2n) is 7.00. The minimum Gasteiger partial charge on any atom is -0.478 e. The van der Waals surface area contributed by atoms with Crippen molar-refractivity contribution in [2.24, 2.45) is 0 Å². The van der Waals surface area contributed by atoms with E-state index in [1.165, 1.54) is 57.8 Å². The summed E-state index contributed by atoms with van der Waals surface area (Å²) in [4.78, 5) is 21.4. The maximum absolute atomic E-state index is 10.9. The van der Waals surface area contributed by atoms with Crippen molar-refractivity contribution in [3.8, 4) is 0 Å². The van der Waals surface area contributed by atoms with Gasteiger partial charge in [-0.05, 0) is 38.5 Å². The highest BCUT2D eigenvalue weighted by atomic mass is 16.4. The summed E-state index contributed by atoms with van der Waals surface area (Å²) in [6.45, 7) is 2.25. The lowest BCUT2D eigenvalue weighted by Crippen LogP contribution is -2.04. The molecule has 0 aromatic heterocycles. The molecule has 0 amide bonds. The van der Waals surface area contributed by atoms with E-state index in [2.05, 4.69) is 19.1 Å². The molecule has 4 heteroatoms. The van der Waals surface area contributed by atoms with Gasteiger partial charge in [0, 0.05) is 11.6 Å². The van der Waals surface area contributed by atoms with Crippen LogP contribution >= 0.6 is 0 Å². The van der Waals surface area contributed by atoms with Crippen molar-refractivity contribution >= 4 is 11.9 Å². The number of carboxylic acid groups (broad SMARTS) is 2. The van der Waals surface area contributed by atoms with Crippen molar-refractivity contribution in [2.45, 2.75) is 103 Å². The van der Waals surface area contributed by atoms with Crippen LogP contribution in [-0.2, 0) is 9.59 Å². The van der Waals surface area contributed by atoms with E-state index in [9.17, 15) is 9.59 Å². The minimum atomic E-state index is -1.19. The topological polar surface area (TPSA) is 74.6 Å². The van der Waals surface area contributed by atoms with E-state index >= 15 is 0 Å². The molecular weight excluding hydrogens is 328 g/mol. The summed E-state index contributed by atoms with van der Waals surface area (Å²) in [6.07, 6.45) is 22.6.